The van der Waals surface area contributed by atoms with Crippen LogP contribution < -0.4 is 10.5 Å². The number of rotatable bonds is 4. The molecular formula is C13H18N2O2. The number of benzene rings is 1. The van der Waals surface area contributed by atoms with Crippen LogP contribution in [0.2, 0.25) is 0 Å². The largest absolute Gasteiger partial charge is 0.490 e. The van der Waals surface area contributed by atoms with Crippen LogP contribution in [0.3, 0.4) is 0 Å². The molecule has 0 radical (unpaired) electrons. The van der Waals surface area contributed by atoms with Gasteiger partial charge >= 0.3 is 0 Å². The normalized spacial score (nSPS) is 14.5. The summed E-state index contributed by atoms with van der Waals surface area (Å²) < 4.78 is 5.77. The van der Waals surface area contributed by atoms with Crippen LogP contribution in [-0.2, 0) is 6.54 Å². The monoisotopic (exact) mass is 234 g/mol. The number of hydrogen-bond acceptors (Lipinski definition) is 3. The molecule has 92 valence electrons. The zero-order chi connectivity index (χ0) is 12.4. The van der Waals surface area contributed by atoms with Crippen molar-refractivity contribution >= 4 is 5.91 Å². The molecule has 4 heteroatoms. The number of ether oxygens (including phenoxy) is 1. The van der Waals surface area contributed by atoms with Crippen LogP contribution in [0.4, 0.5) is 0 Å². The SMILES string of the molecule is CN(C)C(=O)c1cccc(OC2CC2)c1CN. The smallest absolute Gasteiger partial charge is 0.253 e. The Balaban J connectivity index is 2.33. The molecule has 0 spiro atoms. The van der Waals surface area contributed by atoms with Gasteiger partial charge in [0.15, 0.2) is 0 Å². The molecule has 0 aliphatic heterocycles. The van der Waals surface area contributed by atoms with Crippen molar-refractivity contribution in [3.63, 3.8) is 0 Å². The highest BCUT2D eigenvalue weighted by Gasteiger charge is 2.25. The number of carbonyl (C=O) groups is 1. The fourth-order valence-corrected chi connectivity index (χ4v) is 1.69. The van der Waals surface area contributed by atoms with Crippen molar-refractivity contribution in [2.24, 2.45) is 5.73 Å². The van der Waals surface area contributed by atoms with E-state index in [1.54, 1.807) is 25.1 Å². The van der Waals surface area contributed by atoms with Gasteiger partial charge in [-0.15, -0.1) is 0 Å². The van der Waals surface area contributed by atoms with E-state index >= 15 is 0 Å². The molecule has 1 aliphatic rings. The minimum absolute atomic E-state index is 0.0355. The summed E-state index contributed by atoms with van der Waals surface area (Å²) in [5, 5.41) is 0. The Bertz CT molecular complexity index is 425. The van der Waals surface area contributed by atoms with Crippen molar-refractivity contribution in [1.82, 2.24) is 4.90 Å². The molecule has 0 bridgehead atoms. The summed E-state index contributed by atoms with van der Waals surface area (Å²) in [4.78, 5) is 13.5. The molecule has 2 rings (SSSR count). The molecule has 1 aromatic rings. The standard InChI is InChI=1S/C13H18N2O2/c1-15(2)13(16)10-4-3-5-12(11(10)8-14)17-9-6-7-9/h3-5,9H,6-8,14H2,1-2H3. The van der Waals surface area contributed by atoms with Crippen LogP contribution in [0.15, 0.2) is 18.2 Å². The van der Waals surface area contributed by atoms with E-state index in [0.29, 0.717) is 18.2 Å². The maximum Gasteiger partial charge on any atom is 0.253 e. The van der Waals surface area contributed by atoms with Gasteiger partial charge in [-0.05, 0) is 25.0 Å². The second-order valence-corrected chi connectivity index (χ2v) is 4.50. The molecule has 1 saturated carbocycles. The third-order valence-electron chi connectivity index (χ3n) is 2.79. The topological polar surface area (TPSA) is 55.6 Å². The van der Waals surface area contributed by atoms with Gasteiger partial charge in [-0.2, -0.15) is 0 Å². The van der Waals surface area contributed by atoms with E-state index in [9.17, 15) is 4.79 Å². The van der Waals surface area contributed by atoms with Crippen LogP contribution in [0.1, 0.15) is 28.8 Å². The fourth-order valence-electron chi connectivity index (χ4n) is 1.69. The Hall–Kier alpha value is -1.55. The molecule has 0 atom stereocenters. The zero-order valence-corrected chi connectivity index (χ0v) is 10.3. The molecule has 0 saturated heterocycles. The average Bonchev–Trinajstić information content (AvgIpc) is 3.11. The highest BCUT2D eigenvalue weighted by molar-refractivity contribution is 5.96. The average molecular weight is 234 g/mol. The first kappa shape index (κ1) is 11.9. The maximum absolute atomic E-state index is 12.0. The van der Waals surface area contributed by atoms with Gasteiger partial charge in [0.2, 0.25) is 0 Å². The molecule has 0 aromatic heterocycles. The minimum atomic E-state index is -0.0355. The first-order chi connectivity index (χ1) is 8.13. The Kier molecular flexibility index (Phi) is 3.33. The molecule has 2 N–H and O–H groups in total. The lowest BCUT2D eigenvalue weighted by atomic mass is 10.1. The minimum Gasteiger partial charge on any atom is -0.490 e. The van der Waals surface area contributed by atoms with Crippen molar-refractivity contribution in [3.8, 4) is 5.75 Å². The van der Waals surface area contributed by atoms with E-state index in [4.69, 9.17) is 10.5 Å². The first-order valence-electron chi connectivity index (χ1n) is 5.83. The van der Waals surface area contributed by atoms with Crippen LogP contribution in [0, 0.1) is 0 Å². The Morgan fingerprint density at radius 1 is 1.47 bits per heavy atom. The van der Waals surface area contributed by atoms with Gasteiger partial charge in [0.1, 0.15) is 5.75 Å². The lowest BCUT2D eigenvalue weighted by Gasteiger charge is -2.16. The molecule has 1 amide bonds. The molecular weight excluding hydrogens is 216 g/mol. The molecule has 4 nitrogen and oxygen atoms in total. The summed E-state index contributed by atoms with van der Waals surface area (Å²) in [6.07, 6.45) is 2.50. The lowest BCUT2D eigenvalue weighted by Crippen LogP contribution is -2.24. The number of carbonyl (C=O) groups excluding carboxylic acids is 1. The highest BCUT2D eigenvalue weighted by Crippen LogP contribution is 2.30. The second kappa shape index (κ2) is 4.75. The van der Waals surface area contributed by atoms with Gasteiger partial charge in [-0.25, -0.2) is 0 Å². The summed E-state index contributed by atoms with van der Waals surface area (Å²) in [7, 11) is 3.47. The van der Waals surface area contributed by atoms with E-state index in [0.717, 1.165) is 24.2 Å². The van der Waals surface area contributed by atoms with Crippen molar-refractivity contribution in [2.75, 3.05) is 14.1 Å². The van der Waals surface area contributed by atoms with Crippen LogP contribution in [-0.4, -0.2) is 31.0 Å². The molecule has 0 heterocycles. The fraction of sp³-hybridized carbons (Fsp3) is 0.462. The summed E-state index contributed by atoms with van der Waals surface area (Å²) >= 11 is 0. The van der Waals surface area contributed by atoms with E-state index in [1.165, 1.54) is 0 Å². The summed E-state index contributed by atoms with van der Waals surface area (Å²) in [6, 6.07) is 5.52. The number of nitrogens with two attached hydrogens (primary N) is 1. The summed E-state index contributed by atoms with van der Waals surface area (Å²) in [5.41, 5.74) is 7.17. The van der Waals surface area contributed by atoms with E-state index in [2.05, 4.69) is 0 Å². The van der Waals surface area contributed by atoms with Gasteiger partial charge in [0.25, 0.3) is 5.91 Å². The van der Waals surface area contributed by atoms with Crippen LogP contribution in [0.25, 0.3) is 0 Å². The zero-order valence-electron chi connectivity index (χ0n) is 10.3. The Labute approximate surface area is 101 Å². The molecule has 17 heavy (non-hydrogen) atoms. The predicted molar refractivity (Wildman–Crippen MR) is 66.0 cm³/mol. The van der Waals surface area contributed by atoms with Gasteiger partial charge in [0.05, 0.1) is 6.10 Å². The maximum atomic E-state index is 12.0. The van der Waals surface area contributed by atoms with Gasteiger partial charge in [-0.1, -0.05) is 6.07 Å². The van der Waals surface area contributed by atoms with Crippen LogP contribution >= 0.6 is 0 Å². The molecule has 1 fully saturated rings. The van der Waals surface area contributed by atoms with Gasteiger partial charge in [0, 0.05) is 31.8 Å². The Morgan fingerprint density at radius 3 is 2.71 bits per heavy atom. The third kappa shape index (κ3) is 2.58. The molecule has 0 unspecified atom stereocenters. The van der Waals surface area contributed by atoms with Gasteiger partial charge < -0.3 is 15.4 Å². The highest BCUT2D eigenvalue weighted by atomic mass is 16.5. The molecule has 1 aliphatic carbocycles. The van der Waals surface area contributed by atoms with E-state index in [1.807, 2.05) is 12.1 Å². The summed E-state index contributed by atoms with van der Waals surface area (Å²) in [6.45, 7) is 0.317. The van der Waals surface area contributed by atoms with Crippen molar-refractivity contribution in [3.05, 3.63) is 29.3 Å². The summed E-state index contributed by atoms with van der Waals surface area (Å²) in [5.74, 6) is 0.717. The van der Waals surface area contributed by atoms with E-state index in [-0.39, 0.29) is 5.91 Å². The van der Waals surface area contributed by atoms with Crippen LogP contribution in [0.5, 0.6) is 5.75 Å². The van der Waals surface area contributed by atoms with Crippen molar-refractivity contribution in [1.29, 1.82) is 0 Å². The van der Waals surface area contributed by atoms with Gasteiger partial charge in [-0.3, -0.25) is 4.79 Å². The second-order valence-electron chi connectivity index (χ2n) is 4.50. The van der Waals surface area contributed by atoms with E-state index < -0.39 is 0 Å². The van der Waals surface area contributed by atoms with Crippen molar-refractivity contribution < 1.29 is 9.53 Å². The number of nitrogens with zero attached hydrogens (tertiary/aromatic N) is 1. The lowest BCUT2D eigenvalue weighted by molar-refractivity contribution is 0.0826. The first-order valence-corrected chi connectivity index (χ1v) is 5.83. The number of amides is 1. The predicted octanol–water partition coefficient (Wildman–Crippen LogP) is 1.39. The number of hydrogen-bond donors (Lipinski definition) is 1. The third-order valence-corrected chi connectivity index (χ3v) is 2.79. The molecule has 1 aromatic carbocycles. The van der Waals surface area contributed by atoms with Crippen molar-refractivity contribution in [2.45, 2.75) is 25.5 Å². The Morgan fingerprint density at radius 2 is 2.18 bits per heavy atom. The quantitative estimate of drug-likeness (QED) is 0.856.